The van der Waals surface area contributed by atoms with Crippen molar-refractivity contribution < 1.29 is 163 Å². The molecule has 0 saturated carbocycles. The van der Waals surface area contributed by atoms with Gasteiger partial charge >= 0.3 is 0 Å². The second kappa shape index (κ2) is 29.8. The molecule has 464 valence electrons. The Balaban J connectivity index is 1.18. The van der Waals surface area contributed by atoms with Gasteiger partial charge in [-0.25, -0.2) is 0 Å². The number of aliphatic hydroxyl groups excluding tert-OH is 18. The third kappa shape index (κ3) is 14.8. The SMILES string of the molecule is CC(=O)N[C@H]1[C@H](O[C@@H]2[C@H](O)[C@@H](O)[C@H](O[C@H]3[C@@H](O)[C@@H](CO)O[C@@H](O[C@@H]4[C@H](O)[C@@H](O)[C@H](O[C@H]5[C@H](O)[C@@H](O)[C@H](OC[C@@H](CO)NC=O)O[C@@H]5CO)O[C@@H]4CO)[C@@H]3NC(C)=O)O[C@@H]2CO)O[C@H](CO)[C@H](O)[C@@H]1O[C@@H]1O[C@H](CO)[C@H](O)[C@H](O)[C@H]1O. The van der Waals surface area contributed by atoms with Crippen LogP contribution in [0, 0.1) is 0 Å². The van der Waals surface area contributed by atoms with E-state index in [1.54, 1.807) is 0 Å². The summed E-state index contributed by atoms with van der Waals surface area (Å²) in [4.78, 5) is 36.2. The van der Waals surface area contributed by atoms with Gasteiger partial charge in [0.25, 0.3) is 0 Å². The minimum Gasteiger partial charge on any atom is -0.394 e. The zero-order valence-electron chi connectivity index (χ0n) is 42.8. The summed E-state index contributed by atoms with van der Waals surface area (Å²) in [6, 6.07) is -4.44. The Morgan fingerprint density at radius 2 is 0.700 bits per heavy atom. The maximum Gasteiger partial charge on any atom is 0.217 e. The molecule has 6 heterocycles. The van der Waals surface area contributed by atoms with E-state index in [-0.39, 0.29) is 6.41 Å². The summed E-state index contributed by atoms with van der Waals surface area (Å²) in [5, 5.41) is 200. The van der Waals surface area contributed by atoms with Crippen molar-refractivity contribution in [2.24, 2.45) is 0 Å². The van der Waals surface area contributed by atoms with Gasteiger partial charge in [0.2, 0.25) is 18.2 Å². The van der Waals surface area contributed by atoms with Crippen LogP contribution in [0.2, 0.25) is 0 Å². The summed E-state index contributed by atoms with van der Waals surface area (Å²) >= 11 is 0. The summed E-state index contributed by atoms with van der Waals surface area (Å²) in [6.45, 7) is -4.92. The van der Waals surface area contributed by atoms with E-state index in [1.165, 1.54) is 0 Å². The van der Waals surface area contributed by atoms with E-state index in [0.29, 0.717) is 0 Å². The fraction of sp³-hybridized carbons (Fsp3) is 0.932. The molecule has 0 radical (unpaired) electrons. The number of aliphatic hydroxyl groups is 18. The van der Waals surface area contributed by atoms with E-state index in [1.807, 2.05) is 0 Å². The molecule has 31 atom stereocenters. The van der Waals surface area contributed by atoms with E-state index in [0.717, 1.165) is 13.8 Å². The molecule has 80 heavy (non-hydrogen) atoms. The van der Waals surface area contributed by atoms with Crippen LogP contribution in [0.25, 0.3) is 0 Å². The molecule has 6 aliphatic rings. The van der Waals surface area contributed by atoms with Crippen molar-refractivity contribution in [1.82, 2.24) is 16.0 Å². The molecule has 6 aliphatic heterocycles. The van der Waals surface area contributed by atoms with Gasteiger partial charge in [0.1, 0.15) is 146 Å². The zero-order valence-corrected chi connectivity index (χ0v) is 42.8. The molecule has 0 aliphatic carbocycles. The van der Waals surface area contributed by atoms with E-state index in [4.69, 9.17) is 56.8 Å². The van der Waals surface area contributed by atoms with Crippen LogP contribution in [-0.4, -0.2) is 353 Å². The van der Waals surface area contributed by atoms with Gasteiger partial charge in [-0.1, -0.05) is 0 Å². The highest BCUT2D eigenvalue weighted by Gasteiger charge is 2.58. The van der Waals surface area contributed by atoms with Gasteiger partial charge in [-0.05, 0) is 0 Å². The monoisotopic (exact) mass is 1170 g/mol. The Bertz CT molecular complexity index is 1920. The number of hydrogen-bond acceptors (Lipinski definition) is 33. The number of nitrogens with one attached hydrogen (secondary N) is 3. The fourth-order valence-corrected chi connectivity index (χ4v) is 9.91. The highest BCUT2D eigenvalue weighted by atomic mass is 16.8. The van der Waals surface area contributed by atoms with Crippen molar-refractivity contribution in [3.8, 4) is 0 Å². The fourth-order valence-electron chi connectivity index (χ4n) is 9.91. The smallest absolute Gasteiger partial charge is 0.217 e. The van der Waals surface area contributed by atoms with Crippen molar-refractivity contribution in [2.75, 3.05) is 52.9 Å². The predicted octanol–water partition coefficient (Wildman–Crippen LogP) is -14.7. The highest BCUT2D eigenvalue weighted by Crippen LogP contribution is 2.37. The summed E-state index contributed by atoms with van der Waals surface area (Å²) in [5.41, 5.74) is 0. The lowest BCUT2D eigenvalue weighted by Crippen LogP contribution is -2.71. The van der Waals surface area contributed by atoms with Gasteiger partial charge in [-0.15, -0.1) is 0 Å². The van der Waals surface area contributed by atoms with Crippen molar-refractivity contribution in [1.29, 1.82) is 0 Å². The van der Waals surface area contributed by atoms with Crippen molar-refractivity contribution in [3.05, 3.63) is 0 Å². The number of rotatable bonds is 24. The minimum absolute atomic E-state index is 0.278. The number of hydrogen-bond donors (Lipinski definition) is 21. The van der Waals surface area contributed by atoms with Gasteiger partial charge in [0.05, 0.1) is 58.9 Å². The van der Waals surface area contributed by atoms with Gasteiger partial charge in [-0.3, -0.25) is 14.4 Å². The van der Waals surface area contributed by atoms with Crippen molar-refractivity contribution >= 4 is 18.2 Å². The quantitative estimate of drug-likeness (QED) is 0.0399. The van der Waals surface area contributed by atoms with E-state index < -0.39 is 255 Å². The molecule has 36 nitrogen and oxygen atoms in total. The molecule has 21 N–H and O–H groups in total. The lowest BCUT2D eigenvalue weighted by Gasteiger charge is -2.51. The molecule has 3 amide bonds. The van der Waals surface area contributed by atoms with Gasteiger partial charge in [0, 0.05) is 13.8 Å². The van der Waals surface area contributed by atoms with E-state index in [2.05, 4.69) is 16.0 Å². The lowest BCUT2D eigenvalue weighted by molar-refractivity contribution is -0.385. The first-order valence-corrected chi connectivity index (χ1v) is 25.3. The summed E-state index contributed by atoms with van der Waals surface area (Å²) in [7, 11) is 0. The first-order chi connectivity index (χ1) is 38.0. The first-order valence-electron chi connectivity index (χ1n) is 25.3. The van der Waals surface area contributed by atoms with Gasteiger partial charge < -0.3 is 165 Å². The Kier molecular flexibility index (Phi) is 24.7. The average molecular weight is 1170 g/mol. The Morgan fingerprint density at radius 1 is 0.400 bits per heavy atom. The molecule has 0 bridgehead atoms. The molecule has 36 heteroatoms. The van der Waals surface area contributed by atoms with E-state index in [9.17, 15) is 106 Å². The topological polar surface area (TPSA) is 562 Å². The second-order valence-corrected chi connectivity index (χ2v) is 19.7. The third-order valence-electron chi connectivity index (χ3n) is 14.2. The largest absolute Gasteiger partial charge is 0.394 e. The summed E-state index contributed by atoms with van der Waals surface area (Å²) < 4.78 is 68.9. The van der Waals surface area contributed by atoms with Gasteiger partial charge in [-0.2, -0.15) is 0 Å². The van der Waals surface area contributed by atoms with Crippen LogP contribution < -0.4 is 16.0 Å². The normalized spacial score (nSPS) is 46.8. The molecule has 0 aromatic heterocycles. The van der Waals surface area contributed by atoms with Crippen molar-refractivity contribution in [2.45, 2.75) is 204 Å². The maximum absolute atomic E-state index is 12.8. The number of carbonyl (C=O) groups is 3. The maximum atomic E-state index is 12.8. The molecular formula is C44H75N3O33. The van der Waals surface area contributed by atoms with Crippen LogP contribution in [0.3, 0.4) is 0 Å². The number of amides is 3. The zero-order chi connectivity index (χ0) is 59.0. The molecular weight excluding hydrogens is 1100 g/mol. The number of carbonyl (C=O) groups excluding carboxylic acids is 3. The molecule has 0 aromatic rings. The van der Waals surface area contributed by atoms with Crippen LogP contribution in [-0.2, 0) is 71.2 Å². The molecule has 0 aromatic carbocycles. The minimum atomic E-state index is -2.27. The van der Waals surface area contributed by atoms with Crippen LogP contribution in [0.1, 0.15) is 13.8 Å². The molecule has 6 fully saturated rings. The van der Waals surface area contributed by atoms with Gasteiger partial charge in [0.15, 0.2) is 37.7 Å². The highest BCUT2D eigenvalue weighted by molar-refractivity contribution is 5.73. The Morgan fingerprint density at radius 3 is 1.05 bits per heavy atom. The average Bonchev–Trinajstić information content (AvgIpc) is 3.43. The molecule has 0 spiro atoms. The summed E-state index contributed by atoms with van der Waals surface area (Å²) in [5.74, 6) is -1.70. The summed E-state index contributed by atoms with van der Waals surface area (Å²) in [6.07, 6.45) is -53.0. The molecule has 6 saturated heterocycles. The predicted molar refractivity (Wildman–Crippen MR) is 246 cm³/mol. The van der Waals surface area contributed by atoms with Crippen LogP contribution in [0.4, 0.5) is 0 Å². The van der Waals surface area contributed by atoms with Crippen LogP contribution in [0.5, 0.6) is 0 Å². The van der Waals surface area contributed by atoms with E-state index >= 15 is 0 Å². The molecule has 0 unspecified atom stereocenters. The Hall–Kier alpha value is -2.79. The first kappa shape index (κ1) is 66.4. The molecule has 6 rings (SSSR count). The lowest BCUT2D eigenvalue weighted by atomic mass is 9.93. The van der Waals surface area contributed by atoms with Crippen LogP contribution in [0.15, 0.2) is 0 Å². The second-order valence-electron chi connectivity index (χ2n) is 19.7. The Labute approximate surface area is 453 Å². The van der Waals surface area contributed by atoms with Crippen molar-refractivity contribution in [3.63, 3.8) is 0 Å². The van der Waals surface area contributed by atoms with Crippen LogP contribution >= 0.6 is 0 Å². The number of ether oxygens (including phenoxy) is 12. The standard InChI is InChI=1S/C44H75N3O33/c1-12(56)46-21-37(79-42-30(65)26(61)23(58)15(4-49)72-42)24(59)16(5-50)70-39(21)77-35-20(9-54)75-44(33(68)29(35)64)80-38-22(47-13(2)57)40(71-17(6-51)25(38)60)76-34-19(8-53)74-43(32(67)28(34)63)78-36-18(7-52)73-41(31(66)27(36)62)69-10-14(3-48)45-11-55/h11,14-44,48-54,58-68H,3-10H2,1-2H3,(H,45,55)(H,46,56)(H,47,57)/t14-,15-,16-,17-,18-,19-,20-,21-,22-,23+,24+,25+,26+,27-,28-,29-,30-,31-,32-,33-,34+,35+,36-,37-,38-,39+,40+,41-,42+,43+,44+/m1/s1. The third-order valence-corrected chi connectivity index (χ3v) is 14.2.